The topological polar surface area (TPSA) is 60.2 Å². The van der Waals surface area contributed by atoms with Crippen molar-refractivity contribution < 1.29 is 8.42 Å². The quantitative estimate of drug-likeness (QED) is 0.931. The highest BCUT2D eigenvalue weighted by Crippen LogP contribution is 2.24. The zero-order valence-electron chi connectivity index (χ0n) is 11.6. The van der Waals surface area contributed by atoms with Crippen molar-refractivity contribution >= 4 is 21.4 Å². The van der Waals surface area contributed by atoms with Crippen LogP contribution >= 0.6 is 11.6 Å². The Hall–Kier alpha value is -0.580. The Morgan fingerprint density at radius 3 is 2.30 bits per heavy atom. The smallest absolute Gasteiger partial charge is 0.158 e. The van der Waals surface area contributed by atoms with Gasteiger partial charge in [-0.25, -0.2) is 8.42 Å². The van der Waals surface area contributed by atoms with E-state index in [9.17, 15) is 8.42 Å². The van der Waals surface area contributed by atoms with E-state index in [4.69, 9.17) is 17.3 Å². The molecule has 0 spiro atoms. The van der Waals surface area contributed by atoms with Gasteiger partial charge in [-0.15, -0.1) is 0 Å². The molecule has 20 heavy (non-hydrogen) atoms. The van der Waals surface area contributed by atoms with E-state index < -0.39 is 15.1 Å². The predicted molar refractivity (Wildman–Crippen MR) is 83.5 cm³/mol. The molecule has 0 radical (unpaired) electrons. The van der Waals surface area contributed by atoms with Gasteiger partial charge in [0, 0.05) is 11.1 Å². The van der Waals surface area contributed by atoms with Gasteiger partial charge in [0.05, 0.1) is 11.0 Å². The van der Waals surface area contributed by atoms with Crippen molar-refractivity contribution in [3.05, 3.63) is 34.9 Å². The fraction of sp³-hybridized carbons (Fsp3) is 0.600. The molecule has 2 N–H and O–H groups in total. The van der Waals surface area contributed by atoms with E-state index in [1.165, 1.54) is 0 Å². The summed E-state index contributed by atoms with van der Waals surface area (Å²) < 4.78 is 25.2. The van der Waals surface area contributed by atoms with Gasteiger partial charge in [0.25, 0.3) is 0 Å². The van der Waals surface area contributed by atoms with Crippen LogP contribution in [0.5, 0.6) is 0 Å². The molecule has 1 fully saturated rings. The molecule has 1 aliphatic carbocycles. The van der Waals surface area contributed by atoms with E-state index in [-0.39, 0.29) is 11.8 Å². The molecule has 112 valence electrons. The normalized spacial score (nSPS) is 24.9. The van der Waals surface area contributed by atoms with Crippen molar-refractivity contribution in [3.63, 3.8) is 0 Å². The molecule has 1 saturated carbocycles. The Morgan fingerprint density at radius 1 is 1.05 bits per heavy atom. The Labute approximate surface area is 126 Å². The van der Waals surface area contributed by atoms with E-state index in [2.05, 4.69) is 0 Å². The highest BCUT2D eigenvalue weighted by molar-refractivity contribution is 7.91. The van der Waals surface area contributed by atoms with Gasteiger partial charge < -0.3 is 5.73 Å². The van der Waals surface area contributed by atoms with Crippen LogP contribution in [0.1, 0.15) is 44.1 Å². The highest BCUT2D eigenvalue weighted by atomic mass is 35.5. The second-order valence-corrected chi connectivity index (χ2v) is 8.28. The van der Waals surface area contributed by atoms with Gasteiger partial charge in [-0.3, -0.25) is 0 Å². The first kappa shape index (κ1) is 15.8. The summed E-state index contributed by atoms with van der Waals surface area (Å²) in [5.41, 5.74) is 6.89. The van der Waals surface area contributed by atoms with E-state index in [0.29, 0.717) is 11.4 Å². The molecule has 0 heterocycles. The van der Waals surface area contributed by atoms with Crippen LogP contribution in [0.15, 0.2) is 24.3 Å². The minimum absolute atomic E-state index is 0.0581. The summed E-state index contributed by atoms with van der Waals surface area (Å²) in [6.07, 6.45) is 5.77. The third kappa shape index (κ3) is 4.21. The van der Waals surface area contributed by atoms with E-state index >= 15 is 0 Å². The summed E-state index contributed by atoms with van der Waals surface area (Å²) in [6.45, 7) is 0. The summed E-state index contributed by atoms with van der Waals surface area (Å²) in [6, 6.07) is 6.77. The van der Waals surface area contributed by atoms with Gasteiger partial charge >= 0.3 is 0 Å². The van der Waals surface area contributed by atoms with Crippen molar-refractivity contribution in [3.8, 4) is 0 Å². The average molecular weight is 316 g/mol. The lowest BCUT2D eigenvalue weighted by atomic mass is 9.97. The van der Waals surface area contributed by atoms with Gasteiger partial charge in [0.2, 0.25) is 0 Å². The van der Waals surface area contributed by atoms with E-state index in [1.807, 2.05) is 0 Å². The third-order valence-electron chi connectivity index (χ3n) is 4.00. The molecule has 0 aliphatic heterocycles. The lowest BCUT2D eigenvalue weighted by Crippen LogP contribution is -2.41. The summed E-state index contributed by atoms with van der Waals surface area (Å²) in [5, 5.41) is 0.215. The third-order valence-corrected chi connectivity index (χ3v) is 6.49. The van der Waals surface area contributed by atoms with Crippen molar-refractivity contribution in [2.24, 2.45) is 5.73 Å². The van der Waals surface area contributed by atoms with E-state index in [1.54, 1.807) is 24.3 Å². The monoisotopic (exact) mass is 315 g/mol. The van der Waals surface area contributed by atoms with Crippen LogP contribution in [0.25, 0.3) is 0 Å². The Morgan fingerprint density at radius 2 is 1.65 bits per heavy atom. The second kappa shape index (κ2) is 6.92. The first-order chi connectivity index (χ1) is 9.49. The second-order valence-electron chi connectivity index (χ2n) is 5.63. The van der Waals surface area contributed by atoms with Crippen LogP contribution in [-0.2, 0) is 15.6 Å². The van der Waals surface area contributed by atoms with Crippen LogP contribution in [0.3, 0.4) is 0 Å². The summed E-state index contributed by atoms with van der Waals surface area (Å²) in [7, 11) is -3.21. The molecule has 1 aromatic rings. The molecule has 0 bridgehead atoms. The molecule has 3 nitrogen and oxygen atoms in total. The fourth-order valence-electron chi connectivity index (χ4n) is 2.84. The van der Waals surface area contributed by atoms with Crippen LogP contribution in [0.2, 0.25) is 5.02 Å². The van der Waals surface area contributed by atoms with Gasteiger partial charge in [-0.05, 0) is 30.5 Å². The van der Waals surface area contributed by atoms with E-state index in [0.717, 1.165) is 37.7 Å². The van der Waals surface area contributed by atoms with Gasteiger partial charge in [-0.1, -0.05) is 49.4 Å². The molecule has 2 unspecified atom stereocenters. The first-order valence-corrected chi connectivity index (χ1v) is 9.30. The molecule has 5 heteroatoms. The minimum Gasteiger partial charge on any atom is -0.327 e. The number of hydrogen-bond donors (Lipinski definition) is 1. The molecular weight excluding hydrogens is 294 g/mol. The number of nitrogens with two attached hydrogens (primary N) is 1. The predicted octanol–water partition coefficient (Wildman–Crippen LogP) is 3.30. The zero-order valence-corrected chi connectivity index (χ0v) is 13.2. The number of rotatable bonds is 3. The number of hydrogen-bond acceptors (Lipinski definition) is 3. The van der Waals surface area contributed by atoms with Crippen molar-refractivity contribution in [2.75, 3.05) is 0 Å². The molecule has 0 saturated heterocycles. The average Bonchev–Trinajstić information content (AvgIpc) is 2.36. The van der Waals surface area contributed by atoms with Gasteiger partial charge in [0.15, 0.2) is 9.84 Å². The largest absolute Gasteiger partial charge is 0.327 e. The van der Waals surface area contributed by atoms with Gasteiger partial charge in [0.1, 0.15) is 0 Å². The molecule has 1 aromatic carbocycles. The summed E-state index contributed by atoms with van der Waals surface area (Å²) in [4.78, 5) is 0. The lowest BCUT2D eigenvalue weighted by Gasteiger charge is -2.26. The molecule has 2 rings (SSSR count). The Bertz CT molecular complexity index is 527. The highest BCUT2D eigenvalue weighted by Gasteiger charge is 2.31. The maximum atomic E-state index is 12.6. The Kier molecular flexibility index (Phi) is 5.47. The summed E-state index contributed by atoms with van der Waals surface area (Å²) >= 11 is 5.83. The first-order valence-electron chi connectivity index (χ1n) is 7.20. The van der Waals surface area contributed by atoms with Gasteiger partial charge in [-0.2, -0.15) is 0 Å². The van der Waals surface area contributed by atoms with Crippen LogP contribution < -0.4 is 5.73 Å². The number of halogens is 1. The molecule has 1 aliphatic rings. The number of sulfone groups is 1. The zero-order chi connectivity index (χ0) is 14.6. The summed E-state index contributed by atoms with van der Waals surface area (Å²) in [5.74, 6) is 0.0581. The molecule has 0 aromatic heterocycles. The number of benzene rings is 1. The standard InChI is InChI=1S/C15H22ClNO2S/c16-13-9-7-12(8-10-13)11-20(18,19)15-6-4-2-1-3-5-14(15)17/h7-10,14-15H,1-6,11,17H2. The van der Waals surface area contributed by atoms with Crippen molar-refractivity contribution in [1.82, 2.24) is 0 Å². The lowest BCUT2D eigenvalue weighted by molar-refractivity contribution is 0.443. The van der Waals surface area contributed by atoms with Crippen molar-refractivity contribution in [1.29, 1.82) is 0 Å². The maximum Gasteiger partial charge on any atom is 0.158 e. The molecule has 0 amide bonds. The Balaban J connectivity index is 2.12. The van der Waals surface area contributed by atoms with Crippen LogP contribution in [0.4, 0.5) is 0 Å². The van der Waals surface area contributed by atoms with Crippen LogP contribution in [-0.4, -0.2) is 19.7 Å². The SMILES string of the molecule is NC1CCCCCCC1S(=O)(=O)Cc1ccc(Cl)cc1. The molecule has 2 atom stereocenters. The van der Waals surface area contributed by atoms with Crippen LogP contribution in [0, 0.1) is 0 Å². The molecular formula is C15H22ClNO2S. The fourth-order valence-corrected chi connectivity index (χ4v) is 5.04. The maximum absolute atomic E-state index is 12.6. The minimum atomic E-state index is -3.21. The van der Waals surface area contributed by atoms with Crippen molar-refractivity contribution in [2.45, 2.75) is 55.6 Å².